The summed E-state index contributed by atoms with van der Waals surface area (Å²) in [5.74, 6) is 1.75. The normalized spacial score (nSPS) is 22.0. The van der Waals surface area contributed by atoms with Crippen LogP contribution in [0.15, 0.2) is 18.2 Å². The van der Waals surface area contributed by atoms with Crippen LogP contribution in [0.5, 0.6) is 0 Å². The van der Waals surface area contributed by atoms with Gasteiger partial charge in [-0.3, -0.25) is 4.90 Å². The molecule has 134 valence electrons. The zero-order valence-electron chi connectivity index (χ0n) is 14.2. The highest BCUT2D eigenvalue weighted by Crippen LogP contribution is 2.28. The lowest BCUT2D eigenvalue weighted by molar-refractivity contribution is 0.122. The highest BCUT2D eigenvalue weighted by atomic mass is 35.5. The summed E-state index contributed by atoms with van der Waals surface area (Å²) in [6.07, 6.45) is 2.15. The van der Waals surface area contributed by atoms with Gasteiger partial charge in [0.15, 0.2) is 0 Å². The topological polar surface area (TPSA) is 61.7 Å². The Morgan fingerprint density at radius 1 is 1.20 bits per heavy atom. The number of fused-ring (bicyclic) bond motifs is 1. The minimum absolute atomic E-state index is 0.190. The van der Waals surface area contributed by atoms with Gasteiger partial charge in [0.2, 0.25) is 0 Å². The van der Waals surface area contributed by atoms with Crippen molar-refractivity contribution in [1.82, 2.24) is 14.9 Å². The molecule has 1 N–H and O–H groups in total. The van der Waals surface area contributed by atoms with Crippen molar-refractivity contribution in [2.75, 3.05) is 44.4 Å². The van der Waals surface area contributed by atoms with Gasteiger partial charge in [-0.1, -0.05) is 11.6 Å². The van der Waals surface area contributed by atoms with E-state index in [4.69, 9.17) is 26.3 Å². The summed E-state index contributed by atoms with van der Waals surface area (Å²) in [4.78, 5) is 14.2. The van der Waals surface area contributed by atoms with Crippen molar-refractivity contribution in [2.45, 2.75) is 25.4 Å². The van der Waals surface area contributed by atoms with Gasteiger partial charge < -0.3 is 14.7 Å². The van der Waals surface area contributed by atoms with Gasteiger partial charge in [-0.2, -0.15) is 0 Å². The monoisotopic (exact) mass is 362 g/mol. The molecule has 0 spiro atoms. The number of aromatic nitrogens is 2. The minimum Gasteiger partial charge on any atom is -0.395 e. The zero-order valence-corrected chi connectivity index (χ0v) is 15.0. The minimum atomic E-state index is 0.190. The average molecular weight is 363 g/mol. The fourth-order valence-corrected chi connectivity index (χ4v) is 3.88. The highest BCUT2D eigenvalue weighted by Gasteiger charge is 2.25. The van der Waals surface area contributed by atoms with Crippen LogP contribution in [0.25, 0.3) is 10.9 Å². The van der Waals surface area contributed by atoms with E-state index in [-0.39, 0.29) is 12.6 Å². The Hall–Kier alpha value is -1.47. The molecule has 2 aliphatic rings. The largest absolute Gasteiger partial charge is 0.395 e. The molecule has 2 aromatic rings. The summed E-state index contributed by atoms with van der Waals surface area (Å²) in [5, 5.41) is 11.3. The van der Waals surface area contributed by atoms with Gasteiger partial charge in [0.1, 0.15) is 11.6 Å². The number of ether oxygens (including phenoxy) is 1. The highest BCUT2D eigenvalue weighted by molar-refractivity contribution is 6.31. The molecule has 6 nitrogen and oxygen atoms in total. The fourth-order valence-electron chi connectivity index (χ4n) is 3.71. The summed E-state index contributed by atoms with van der Waals surface area (Å²) in [7, 11) is 0. The van der Waals surface area contributed by atoms with E-state index in [2.05, 4.69) is 9.80 Å². The van der Waals surface area contributed by atoms with Crippen LogP contribution in [0.4, 0.5) is 5.82 Å². The van der Waals surface area contributed by atoms with E-state index in [9.17, 15) is 5.11 Å². The molecule has 1 aromatic carbocycles. The van der Waals surface area contributed by atoms with E-state index in [1.165, 1.54) is 0 Å². The Kier molecular flexibility index (Phi) is 5.03. The average Bonchev–Trinajstić information content (AvgIpc) is 3.08. The second kappa shape index (κ2) is 7.41. The second-order valence-electron chi connectivity index (χ2n) is 6.67. The molecule has 2 aliphatic heterocycles. The second-order valence-corrected chi connectivity index (χ2v) is 7.11. The molecular weight excluding hydrogens is 340 g/mol. The summed E-state index contributed by atoms with van der Waals surface area (Å²) in [6.45, 7) is 4.92. The van der Waals surface area contributed by atoms with Gasteiger partial charge in [-0.25, -0.2) is 9.97 Å². The SMILES string of the molecule is OC[C@@H]1CCCN1Cc1nc(N2CCOCC2)c2ccc(Cl)cc2n1. The number of morpholine rings is 1. The van der Waals surface area contributed by atoms with E-state index < -0.39 is 0 Å². The van der Waals surface area contributed by atoms with Crippen LogP contribution in [0.2, 0.25) is 5.02 Å². The Morgan fingerprint density at radius 2 is 2.04 bits per heavy atom. The van der Waals surface area contributed by atoms with Crippen molar-refractivity contribution in [3.05, 3.63) is 29.0 Å². The maximum Gasteiger partial charge on any atom is 0.145 e. The molecule has 4 rings (SSSR count). The molecule has 0 bridgehead atoms. The molecule has 1 atom stereocenters. The van der Waals surface area contributed by atoms with Crippen LogP contribution in [0.1, 0.15) is 18.7 Å². The Labute approximate surface area is 152 Å². The van der Waals surface area contributed by atoms with Crippen LogP contribution >= 0.6 is 11.6 Å². The first-order chi connectivity index (χ1) is 12.2. The molecule has 0 aliphatic carbocycles. The third-order valence-electron chi connectivity index (χ3n) is 5.05. The van der Waals surface area contributed by atoms with Crippen LogP contribution < -0.4 is 4.90 Å². The summed E-state index contributed by atoms with van der Waals surface area (Å²) < 4.78 is 5.48. The molecule has 2 saturated heterocycles. The van der Waals surface area contributed by atoms with Crippen LogP contribution in [0, 0.1) is 0 Å². The molecule has 2 fully saturated rings. The summed E-state index contributed by atoms with van der Waals surface area (Å²) >= 11 is 6.19. The molecule has 0 amide bonds. The molecule has 0 saturated carbocycles. The van der Waals surface area contributed by atoms with Crippen molar-refractivity contribution < 1.29 is 9.84 Å². The number of hydrogen-bond donors (Lipinski definition) is 1. The van der Waals surface area contributed by atoms with Crippen LogP contribution in [0.3, 0.4) is 0 Å². The lowest BCUT2D eigenvalue weighted by Crippen LogP contribution is -2.37. The first kappa shape index (κ1) is 17.0. The van der Waals surface area contributed by atoms with Crippen molar-refractivity contribution in [1.29, 1.82) is 0 Å². The quantitative estimate of drug-likeness (QED) is 0.898. The predicted molar refractivity (Wildman–Crippen MR) is 98.1 cm³/mol. The molecule has 0 unspecified atom stereocenters. The number of anilines is 1. The van der Waals surface area contributed by atoms with E-state index in [0.717, 1.165) is 55.0 Å². The van der Waals surface area contributed by atoms with Crippen LogP contribution in [-0.2, 0) is 11.3 Å². The number of halogens is 1. The van der Waals surface area contributed by atoms with Gasteiger partial charge in [-0.05, 0) is 37.6 Å². The lowest BCUT2D eigenvalue weighted by atomic mass is 10.2. The lowest BCUT2D eigenvalue weighted by Gasteiger charge is -2.29. The number of hydrogen-bond acceptors (Lipinski definition) is 6. The van der Waals surface area contributed by atoms with E-state index in [0.29, 0.717) is 24.8 Å². The molecule has 1 aromatic heterocycles. The Balaban J connectivity index is 1.71. The number of nitrogens with zero attached hydrogens (tertiary/aromatic N) is 4. The van der Waals surface area contributed by atoms with Gasteiger partial charge in [0.25, 0.3) is 0 Å². The predicted octanol–water partition coefficient (Wildman–Crippen LogP) is 2.08. The zero-order chi connectivity index (χ0) is 17.2. The van der Waals surface area contributed by atoms with Crippen molar-refractivity contribution >= 4 is 28.3 Å². The Morgan fingerprint density at radius 3 is 2.84 bits per heavy atom. The van der Waals surface area contributed by atoms with Gasteiger partial charge >= 0.3 is 0 Å². The number of benzene rings is 1. The van der Waals surface area contributed by atoms with E-state index in [1.807, 2.05) is 18.2 Å². The smallest absolute Gasteiger partial charge is 0.145 e. The fraction of sp³-hybridized carbons (Fsp3) is 0.556. The number of aliphatic hydroxyl groups is 1. The summed E-state index contributed by atoms with van der Waals surface area (Å²) in [5.41, 5.74) is 0.874. The summed E-state index contributed by atoms with van der Waals surface area (Å²) in [6, 6.07) is 6.00. The first-order valence-corrected chi connectivity index (χ1v) is 9.26. The number of aliphatic hydroxyl groups excluding tert-OH is 1. The third kappa shape index (κ3) is 3.58. The molecule has 25 heavy (non-hydrogen) atoms. The first-order valence-electron chi connectivity index (χ1n) is 8.88. The Bertz CT molecular complexity index is 751. The van der Waals surface area contributed by atoms with Gasteiger partial charge in [0, 0.05) is 29.5 Å². The van der Waals surface area contributed by atoms with Crippen LogP contribution in [-0.4, -0.2) is 65.5 Å². The van der Waals surface area contributed by atoms with E-state index in [1.54, 1.807) is 0 Å². The molecular formula is C18H23ClN4O2. The standard InChI is InChI=1S/C18H23ClN4O2/c19-13-3-4-15-16(10-13)20-17(11-23-5-1-2-14(23)12-24)21-18(15)22-6-8-25-9-7-22/h3-4,10,14,24H,1-2,5-9,11-12H2/t14-/m0/s1. The van der Waals surface area contributed by atoms with Crippen molar-refractivity contribution in [3.8, 4) is 0 Å². The maximum atomic E-state index is 9.56. The number of rotatable bonds is 4. The molecule has 0 radical (unpaired) electrons. The van der Waals surface area contributed by atoms with E-state index >= 15 is 0 Å². The molecule has 7 heteroatoms. The van der Waals surface area contributed by atoms with Crippen molar-refractivity contribution in [3.63, 3.8) is 0 Å². The van der Waals surface area contributed by atoms with Gasteiger partial charge in [0.05, 0.1) is 31.9 Å². The third-order valence-corrected chi connectivity index (χ3v) is 5.29. The number of likely N-dealkylation sites (tertiary alicyclic amines) is 1. The maximum absolute atomic E-state index is 9.56. The molecule has 3 heterocycles. The van der Waals surface area contributed by atoms with Gasteiger partial charge in [-0.15, -0.1) is 0 Å². The van der Waals surface area contributed by atoms with Crippen molar-refractivity contribution in [2.24, 2.45) is 0 Å².